The summed E-state index contributed by atoms with van der Waals surface area (Å²) in [5, 5.41) is 3.12. The van der Waals surface area contributed by atoms with Crippen LogP contribution in [0.2, 0.25) is 0 Å². The van der Waals surface area contributed by atoms with Gasteiger partial charge in [0.1, 0.15) is 0 Å². The Bertz CT molecular complexity index is 953. The van der Waals surface area contributed by atoms with Crippen molar-refractivity contribution >= 4 is 5.91 Å². The summed E-state index contributed by atoms with van der Waals surface area (Å²) in [5.41, 5.74) is 1.58. The van der Waals surface area contributed by atoms with Crippen LogP contribution in [0, 0.1) is 5.41 Å². The van der Waals surface area contributed by atoms with Crippen LogP contribution in [0.5, 0.6) is 0 Å². The third-order valence-corrected chi connectivity index (χ3v) is 4.42. The maximum Gasteiger partial charge on any atom is 0.251 e. The van der Waals surface area contributed by atoms with Crippen LogP contribution in [-0.2, 0) is 6.54 Å². The molecule has 0 saturated carbocycles. The van der Waals surface area contributed by atoms with Gasteiger partial charge in [0.05, 0.1) is 24.4 Å². The molecule has 7 nitrogen and oxygen atoms in total. The number of carbonyl (C=O) groups excluding carboxylic acids is 1. The predicted octanol–water partition coefficient (Wildman–Crippen LogP) is 2.48. The van der Waals surface area contributed by atoms with Crippen molar-refractivity contribution < 1.29 is 4.79 Å². The van der Waals surface area contributed by atoms with Crippen LogP contribution in [0.1, 0.15) is 31.1 Å². The zero-order valence-corrected chi connectivity index (χ0v) is 15.6. The highest BCUT2D eigenvalue weighted by Gasteiger charge is 2.27. The number of nitrogens with one attached hydrogen (secondary N) is 2. The van der Waals surface area contributed by atoms with Gasteiger partial charge in [-0.2, -0.15) is 0 Å². The van der Waals surface area contributed by atoms with Gasteiger partial charge in [-0.3, -0.25) is 9.59 Å². The Balaban J connectivity index is 1.75. The van der Waals surface area contributed by atoms with Gasteiger partial charge in [0.25, 0.3) is 11.5 Å². The second kappa shape index (κ2) is 7.57. The fraction of sp³-hybridized carbons (Fsp3) is 0.300. The first-order valence-electron chi connectivity index (χ1n) is 8.75. The van der Waals surface area contributed by atoms with E-state index in [4.69, 9.17) is 0 Å². The molecule has 0 aliphatic rings. The zero-order valence-electron chi connectivity index (χ0n) is 15.6. The highest BCUT2D eigenvalue weighted by molar-refractivity contribution is 5.94. The Morgan fingerprint density at radius 2 is 2.00 bits per heavy atom. The largest absolute Gasteiger partial charge is 0.347 e. The topological polar surface area (TPSA) is 92.7 Å². The number of H-pyrrole nitrogens is 1. The number of carbonyl (C=O) groups is 1. The molecule has 0 saturated heterocycles. The molecule has 1 unspecified atom stereocenters. The summed E-state index contributed by atoms with van der Waals surface area (Å²) in [4.78, 5) is 34.8. The normalized spacial score (nSPS) is 12.6. The molecule has 3 rings (SSSR count). The zero-order chi connectivity index (χ0) is 19.4. The van der Waals surface area contributed by atoms with E-state index in [0.29, 0.717) is 17.8 Å². The monoisotopic (exact) mass is 365 g/mol. The van der Waals surface area contributed by atoms with Crippen LogP contribution >= 0.6 is 0 Å². The van der Waals surface area contributed by atoms with Crippen molar-refractivity contribution in [3.63, 3.8) is 0 Å². The molecule has 0 spiro atoms. The van der Waals surface area contributed by atoms with Gasteiger partial charge in [-0.05, 0) is 17.5 Å². The number of imidazole rings is 1. The molecule has 7 heteroatoms. The van der Waals surface area contributed by atoms with E-state index in [1.807, 2.05) is 10.8 Å². The van der Waals surface area contributed by atoms with Crippen LogP contribution in [0.25, 0.3) is 11.3 Å². The summed E-state index contributed by atoms with van der Waals surface area (Å²) >= 11 is 0. The maximum atomic E-state index is 12.7. The minimum Gasteiger partial charge on any atom is -0.347 e. The molecule has 0 aliphatic heterocycles. The van der Waals surface area contributed by atoms with Crippen molar-refractivity contribution in [1.29, 1.82) is 0 Å². The minimum absolute atomic E-state index is 0.0618. The Labute approximate surface area is 157 Å². The van der Waals surface area contributed by atoms with Crippen molar-refractivity contribution in [1.82, 2.24) is 24.8 Å². The summed E-state index contributed by atoms with van der Waals surface area (Å²) in [6.45, 7) is 6.92. The van der Waals surface area contributed by atoms with Crippen LogP contribution in [0.3, 0.4) is 0 Å². The molecule has 2 heterocycles. The Morgan fingerprint density at radius 1 is 1.26 bits per heavy atom. The van der Waals surface area contributed by atoms with Gasteiger partial charge < -0.3 is 14.9 Å². The smallest absolute Gasteiger partial charge is 0.251 e. The van der Waals surface area contributed by atoms with E-state index in [2.05, 4.69) is 41.0 Å². The number of rotatable bonds is 5. The highest BCUT2D eigenvalue weighted by Crippen LogP contribution is 2.22. The molecule has 0 bridgehead atoms. The quantitative estimate of drug-likeness (QED) is 0.726. The molecule has 2 N–H and O–H groups in total. The molecular weight excluding hydrogens is 342 g/mol. The lowest BCUT2D eigenvalue weighted by Gasteiger charge is -2.31. The average molecular weight is 365 g/mol. The number of amides is 1. The van der Waals surface area contributed by atoms with E-state index in [-0.39, 0.29) is 22.9 Å². The average Bonchev–Trinajstić information content (AvgIpc) is 3.14. The lowest BCUT2D eigenvalue weighted by atomic mass is 9.86. The van der Waals surface area contributed by atoms with Crippen molar-refractivity contribution in [3.05, 3.63) is 71.3 Å². The summed E-state index contributed by atoms with van der Waals surface area (Å²) in [7, 11) is 0. The molecule has 0 aliphatic carbocycles. The molecule has 1 atom stereocenters. The van der Waals surface area contributed by atoms with Crippen molar-refractivity contribution in [2.45, 2.75) is 33.4 Å². The van der Waals surface area contributed by atoms with E-state index in [0.717, 1.165) is 5.56 Å². The van der Waals surface area contributed by atoms with E-state index in [1.54, 1.807) is 36.8 Å². The first-order chi connectivity index (χ1) is 12.8. The van der Waals surface area contributed by atoms with Crippen LogP contribution in [-0.4, -0.2) is 31.5 Å². The van der Waals surface area contributed by atoms with E-state index >= 15 is 0 Å². The number of nitrogens with zero attached hydrogens (tertiary/aromatic N) is 3. The lowest BCUT2D eigenvalue weighted by molar-refractivity contribution is 0.0892. The second-order valence-electron chi connectivity index (χ2n) is 7.53. The molecular formula is C20H23N5O2. The van der Waals surface area contributed by atoms with Gasteiger partial charge in [-0.1, -0.05) is 32.9 Å². The fourth-order valence-corrected chi connectivity index (χ4v) is 2.70. The number of benzene rings is 1. The molecule has 0 radical (unpaired) electrons. The van der Waals surface area contributed by atoms with Crippen molar-refractivity contribution in [3.8, 4) is 11.3 Å². The summed E-state index contributed by atoms with van der Waals surface area (Å²) in [6.07, 6.45) is 6.72. The van der Waals surface area contributed by atoms with Gasteiger partial charge in [0.2, 0.25) is 0 Å². The second-order valence-corrected chi connectivity index (χ2v) is 7.53. The highest BCUT2D eigenvalue weighted by atomic mass is 16.1. The SMILES string of the molecule is CC(C)(C)C(Cn1ccnc1)NC(=O)c1ccc(-c2cc(=O)[nH]cn2)cc1. The van der Waals surface area contributed by atoms with Crippen molar-refractivity contribution in [2.24, 2.45) is 5.41 Å². The Hall–Kier alpha value is -3.22. The first-order valence-corrected chi connectivity index (χ1v) is 8.75. The van der Waals surface area contributed by atoms with Gasteiger partial charge in [0, 0.05) is 36.1 Å². The number of aromatic nitrogens is 4. The molecule has 27 heavy (non-hydrogen) atoms. The molecule has 2 aromatic heterocycles. The minimum atomic E-state index is -0.214. The predicted molar refractivity (Wildman–Crippen MR) is 103 cm³/mol. The van der Waals surface area contributed by atoms with Gasteiger partial charge in [0.15, 0.2) is 0 Å². The third kappa shape index (κ3) is 4.69. The number of hydrogen-bond donors (Lipinski definition) is 2. The first kappa shape index (κ1) is 18.6. The molecule has 3 aromatic rings. The lowest BCUT2D eigenvalue weighted by Crippen LogP contribution is -2.46. The molecule has 1 aromatic carbocycles. The molecule has 1 amide bonds. The maximum absolute atomic E-state index is 12.7. The van der Waals surface area contributed by atoms with E-state index in [1.165, 1.54) is 12.4 Å². The van der Waals surface area contributed by atoms with Crippen LogP contribution < -0.4 is 10.9 Å². The van der Waals surface area contributed by atoms with Gasteiger partial charge in [-0.25, -0.2) is 9.97 Å². The number of aromatic amines is 1. The van der Waals surface area contributed by atoms with E-state index < -0.39 is 0 Å². The summed E-state index contributed by atoms with van der Waals surface area (Å²) in [5.74, 6) is -0.138. The van der Waals surface area contributed by atoms with Crippen molar-refractivity contribution in [2.75, 3.05) is 0 Å². The van der Waals surface area contributed by atoms with Crippen LogP contribution in [0.4, 0.5) is 0 Å². The third-order valence-electron chi connectivity index (χ3n) is 4.42. The summed E-state index contributed by atoms with van der Waals surface area (Å²) in [6, 6.07) is 8.43. The molecule has 140 valence electrons. The van der Waals surface area contributed by atoms with Gasteiger partial charge in [-0.15, -0.1) is 0 Å². The fourth-order valence-electron chi connectivity index (χ4n) is 2.70. The number of hydrogen-bond acceptors (Lipinski definition) is 4. The van der Waals surface area contributed by atoms with Gasteiger partial charge >= 0.3 is 0 Å². The van der Waals surface area contributed by atoms with E-state index in [9.17, 15) is 9.59 Å². The Morgan fingerprint density at radius 3 is 2.59 bits per heavy atom. The Kier molecular flexibility index (Phi) is 5.21. The summed E-state index contributed by atoms with van der Waals surface area (Å²) < 4.78 is 1.96. The molecule has 0 fully saturated rings. The van der Waals surface area contributed by atoms with Crippen LogP contribution in [0.15, 0.2) is 60.2 Å². The standard InChI is InChI=1S/C20H23N5O2/c1-20(2,3)17(11-25-9-8-21-13-25)24-19(27)15-6-4-14(5-7-15)16-10-18(26)23-12-22-16/h4-10,12-13,17H,11H2,1-3H3,(H,24,27)(H,22,23,26).